The molecule has 1 heterocycles. The lowest BCUT2D eigenvalue weighted by Crippen LogP contribution is -2.60. The molecular weight excluding hydrogens is 1540 g/mol. The molecule has 0 bridgehead atoms. The average molecular weight is 1640 g/mol. The van der Waals surface area contributed by atoms with E-state index in [1.807, 2.05) is 24.3 Å². The first-order valence-corrected chi connectivity index (χ1v) is 36.4. The Kier molecular flexibility index (Phi) is 47.1. The van der Waals surface area contributed by atoms with Crippen molar-refractivity contribution >= 4 is 149 Å². The predicted octanol–water partition coefficient (Wildman–Crippen LogP) is -5.37. The molecule has 3 rings (SSSR count). The Labute approximate surface area is 629 Å². The molecule has 1 aliphatic rings. The van der Waals surface area contributed by atoms with Crippen LogP contribution in [0.5, 0.6) is 0 Å². The molecule has 41 heteroatoms. The van der Waals surface area contributed by atoms with Gasteiger partial charge in [0.25, 0.3) is 5.91 Å². The predicted molar refractivity (Wildman–Crippen MR) is 394 cm³/mol. The maximum Gasteiger partial charge on any atom is 0.305 e. The third-order valence-corrected chi connectivity index (χ3v) is 16.6. The van der Waals surface area contributed by atoms with Crippen molar-refractivity contribution in [2.75, 3.05) is 142 Å². The molecule has 12 amide bonds. The summed E-state index contributed by atoms with van der Waals surface area (Å²) in [4.78, 5) is 180. The Morgan fingerprint density at radius 3 is 1.58 bits per heavy atom. The van der Waals surface area contributed by atoms with Crippen LogP contribution in [0.25, 0.3) is 0 Å². The summed E-state index contributed by atoms with van der Waals surface area (Å²) in [7, 11) is 0. The molecule has 104 heavy (non-hydrogen) atoms. The van der Waals surface area contributed by atoms with E-state index < -0.39 is 151 Å². The molecule has 7 atom stereocenters. The first-order chi connectivity index (χ1) is 50.0. The quantitative estimate of drug-likeness (QED) is 0.00737. The van der Waals surface area contributed by atoms with Gasteiger partial charge < -0.3 is 114 Å². The number of thiol groups is 2. The average Bonchev–Trinajstić information content (AvgIpc) is 0.889. The minimum absolute atomic E-state index is 0.0134. The van der Waals surface area contributed by atoms with E-state index in [4.69, 9.17) is 50.5 Å². The summed E-state index contributed by atoms with van der Waals surface area (Å²) >= 11 is 11.5. The van der Waals surface area contributed by atoms with Crippen LogP contribution in [-0.2, 0) is 102 Å². The SMILES string of the molecule is NC(=O)[C@@H]1CSCC(=O)N[C@@H](CCCCNC(=O)COCC(=O)NCCOCCOCCOCCOCCOCCNC(=O)CO/N=C/c2ccc(I)cc2)C(=O)N[C@@H](CS)C(=O)N[C@@H](CCCN=C(N)N)C(=O)NCC(=O)N[C@@H](CC(=O)O)C(=O)N[C@@H](CS)C(=O)N[C@@H](Cc2ccccc2)C(=O)N1. The van der Waals surface area contributed by atoms with Gasteiger partial charge in [0.05, 0.1) is 91.0 Å². The molecule has 578 valence electrons. The second-order valence-corrected chi connectivity index (χ2v) is 25.4. The number of oxime groups is 1. The van der Waals surface area contributed by atoms with Crippen LogP contribution in [0, 0.1) is 3.57 Å². The zero-order valence-electron chi connectivity index (χ0n) is 57.2. The maximum atomic E-state index is 14.1. The molecule has 0 unspecified atom stereocenters. The number of nitrogens with two attached hydrogens (primary N) is 3. The highest BCUT2D eigenvalue weighted by atomic mass is 127. The fourth-order valence-electron chi connectivity index (χ4n) is 8.81. The van der Waals surface area contributed by atoms with Crippen molar-refractivity contribution in [3.63, 3.8) is 0 Å². The Balaban J connectivity index is 1.49. The number of rotatable bonds is 42. The van der Waals surface area contributed by atoms with Crippen LogP contribution in [-0.4, -0.2) is 278 Å². The molecule has 1 aliphatic heterocycles. The molecule has 0 aromatic heterocycles. The van der Waals surface area contributed by atoms with Gasteiger partial charge in [0.2, 0.25) is 65.0 Å². The Hall–Kier alpha value is -8.17. The number of thioether (sulfide) groups is 1. The Morgan fingerprint density at radius 1 is 0.548 bits per heavy atom. The fourth-order valence-corrected chi connectivity index (χ4v) is 10.6. The molecule has 2 aromatic rings. The van der Waals surface area contributed by atoms with Crippen molar-refractivity contribution in [3.8, 4) is 0 Å². The molecule has 0 aliphatic carbocycles. The molecule has 0 saturated carbocycles. The molecule has 2 aromatic carbocycles. The van der Waals surface area contributed by atoms with Gasteiger partial charge in [-0.2, -0.15) is 25.3 Å². The highest BCUT2D eigenvalue weighted by Crippen LogP contribution is 2.11. The summed E-state index contributed by atoms with van der Waals surface area (Å²) in [6.45, 7) is 1.57. The first kappa shape index (κ1) is 90.0. The smallest absolute Gasteiger partial charge is 0.305 e. The number of benzene rings is 2. The number of carboxylic acids is 1. The lowest BCUT2D eigenvalue weighted by molar-refractivity contribution is -0.141. The van der Waals surface area contributed by atoms with E-state index in [1.165, 1.54) is 6.21 Å². The molecule has 1 fully saturated rings. The standard InChI is InChI=1S/C63H95IN16O21S3/c64-42-13-11-41(12-14-42)31-73-101-35-53(84)70-18-20-96-22-24-98-26-28-99-27-25-97-23-21-95-19-17-69-52(83)34-100-33-51(82)68-15-5-4-9-44-58(90)78-47(36-102)61(93)76-43(10-6-16-71-63(66)67)57(89)72-32-50(81)75-46(30-55(86)87)60(92)79-48(37-103)62(94)77-45(29-40-7-2-1-3-8-40)59(91)80-49(56(65)88)38-104-39-54(85)74-44/h1-3,7-8,11-14,31,43-49,102-103H,4-6,9-10,15-30,32-39H2,(H2,65,88)(H,68,82)(H,69,83)(H,70,84)(H,72,89)(H,74,85)(H,75,81)(H,76,93)(H,77,94)(H,78,90)(H,79,92)(H,80,91)(H,86,87)(H4,66,67,71)/b73-31+/t43-,44-,45-,46-,47-,48-,49-/m0/s1. The third-order valence-electron chi connectivity index (χ3n) is 14.1. The second-order valence-electron chi connectivity index (χ2n) is 22.4. The van der Waals surface area contributed by atoms with Crippen LogP contribution >= 0.6 is 59.6 Å². The Morgan fingerprint density at radius 2 is 1.03 bits per heavy atom. The number of aliphatic carboxylic acids is 1. The number of halogens is 1. The monoisotopic (exact) mass is 1630 g/mol. The summed E-state index contributed by atoms with van der Waals surface area (Å²) in [5.41, 5.74) is 18.0. The van der Waals surface area contributed by atoms with Crippen LogP contribution in [0.3, 0.4) is 0 Å². The largest absolute Gasteiger partial charge is 0.481 e. The lowest BCUT2D eigenvalue weighted by Gasteiger charge is -2.25. The van der Waals surface area contributed by atoms with Crippen molar-refractivity contribution in [2.24, 2.45) is 27.3 Å². The lowest BCUT2D eigenvalue weighted by atomic mass is 10.0. The number of nitrogens with zero attached hydrogens (tertiary/aromatic N) is 2. The first-order valence-electron chi connectivity index (χ1n) is 32.9. The number of amides is 12. The number of carbonyl (C=O) groups is 13. The summed E-state index contributed by atoms with van der Waals surface area (Å²) < 4.78 is 33.7. The van der Waals surface area contributed by atoms with E-state index in [1.54, 1.807) is 30.3 Å². The maximum absolute atomic E-state index is 14.1. The summed E-state index contributed by atoms with van der Waals surface area (Å²) in [6, 6.07) is 5.42. The van der Waals surface area contributed by atoms with Crippen molar-refractivity contribution in [2.45, 2.75) is 87.2 Å². The number of nitrogens with one attached hydrogen (secondary N) is 11. The summed E-state index contributed by atoms with van der Waals surface area (Å²) in [5.74, 6) is -13.4. The minimum Gasteiger partial charge on any atom is -0.481 e. The van der Waals surface area contributed by atoms with Crippen molar-refractivity contribution in [3.05, 3.63) is 69.3 Å². The van der Waals surface area contributed by atoms with Gasteiger partial charge in [-0.15, -0.1) is 11.8 Å². The van der Waals surface area contributed by atoms with Gasteiger partial charge in [-0.25, -0.2) is 0 Å². The molecular formula is C63H95IN16O21S3. The molecule has 1 saturated heterocycles. The number of carbonyl (C=O) groups excluding carboxylic acids is 12. The summed E-state index contributed by atoms with van der Waals surface area (Å²) in [6.07, 6.45) is 0.636. The number of carboxylic acid groups (broad SMARTS) is 1. The van der Waals surface area contributed by atoms with Crippen LogP contribution in [0.1, 0.15) is 49.7 Å². The fraction of sp³-hybridized carbons (Fsp3) is 0.571. The number of guanidine groups is 1. The molecule has 0 spiro atoms. The van der Waals surface area contributed by atoms with Crippen LogP contribution in [0.4, 0.5) is 0 Å². The van der Waals surface area contributed by atoms with Crippen molar-refractivity contribution in [1.29, 1.82) is 0 Å². The van der Waals surface area contributed by atoms with Gasteiger partial charge in [0.15, 0.2) is 12.6 Å². The topological polar surface area (TPSA) is 542 Å². The Bertz CT molecular complexity index is 3100. The van der Waals surface area contributed by atoms with Crippen molar-refractivity contribution in [1.82, 2.24) is 58.5 Å². The van der Waals surface area contributed by atoms with E-state index in [0.29, 0.717) is 58.4 Å². The second kappa shape index (κ2) is 54.4. The number of ether oxygens (including phenoxy) is 6. The van der Waals surface area contributed by atoms with Crippen LogP contribution < -0.4 is 75.7 Å². The van der Waals surface area contributed by atoms with Gasteiger partial charge in [-0.05, 0) is 78.0 Å². The normalized spacial score (nSPS) is 19.2. The van der Waals surface area contributed by atoms with Gasteiger partial charge >= 0.3 is 5.97 Å². The van der Waals surface area contributed by atoms with Gasteiger partial charge in [-0.1, -0.05) is 47.6 Å². The number of hydrogen-bond donors (Lipinski definition) is 17. The summed E-state index contributed by atoms with van der Waals surface area (Å²) in [5, 5.41) is 40.8. The zero-order chi connectivity index (χ0) is 76.3. The van der Waals surface area contributed by atoms with Crippen molar-refractivity contribution < 1.29 is 101 Å². The zero-order valence-corrected chi connectivity index (χ0v) is 62.0. The van der Waals surface area contributed by atoms with Gasteiger partial charge in [0.1, 0.15) is 55.5 Å². The minimum atomic E-state index is -1.84. The molecule has 0 radical (unpaired) electrons. The number of primary amides is 1. The van der Waals surface area contributed by atoms with E-state index >= 15 is 0 Å². The third kappa shape index (κ3) is 42.0. The van der Waals surface area contributed by atoms with E-state index in [-0.39, 0.29) is 108 Å². The van der Waals surface area contributed by atoms with E-state index in [9.17, 15) is 67.4 Å². The number of aliphatic imine (C=N–C) groups is 1. The highest BCUT2D eigenvalue weighted by molar-refractivity contribution is 14.1. The number of hydrogen-bond acceptors (Lipinski definition) is 25. The van der Waals surface area contributed by atoms with E-state index in [0.717, 1.165) is 20.9 Å². The van der Waals surface area contributed by atoms with E-state index in [2.05, 4.69) is 116 Å². The molecule has 37 nitrogen and oxygen atoms in total. The van der Waals surface area contributed by atoms with Crippen LogP contribution in [0.15, 0.2) is 64.7 Å². The van der Waals surface area contributed by atoms with Gasteiger partial charge in [-0.3, -0.25) is 67.3 Å². The molecule has 18 N–H and O–H groups in total. The highest BCUT2D eigenvalue weighted by Gasteiger charge is 2.34. The van der Waals surface area contributed by atoms with Crippen LogP contribution in [0.2, 0.25) is 0 Å². The van der Waals surface area contributed by atoms with Gasteiger partial charge in [0, 0.05) is 53.4 Å². The number of unbranched alkanes of at least 4 members (excludes halogenated alkanes) is 1.